The molecule has 10 nitrogen and oxygen atoms in total. The summed E-state index contributed by atoms with van der Waals surface area (Å²) in [6, 6.07) is 7.73. The Morgan fingerprint density at radius 3 is 2.39 bits per heavy atom. The van der Waals surface area contributed by atoms with Gasteiger partial charge in [-0.05, 0) is 61.7 Å². The van der Waals surface area contributed by atoms with Crippen LogP contribution in [0.2, 0.25) is 0 Å². The van der Waals surface area contributed by atoms with E-state index in [1.807, 2.05) is 4.90 Å². The molecule has 1 heterocycles. The molecule has 0 saturated carbocycles. The summed E-state index contributed by atoms with van der Waals surface area (Å²) in [5, 5.41) is 34.5. The maximum Gasteiger partial charge on any atom is 0.420 e. The number of aromatic hydroxyl groups is 1. The number of ether oxygens (including phenoxy) is 1. The Morgan fingerprint density at radius 1 is 1.12 bits per heavy atom. The number of alkyl halides is 3. The molecule has 1 aliphatic heterocycles. The van der Waals surface area contributed by atoms with Gasteiger partial charge in [-0.15, -0.1) is 0 Å². The monoisotopic (exact) mass is 577 g/mol. The molecule has 0 atom stereocenters. The van der Waals surface area contributed by atoms with Crippen molar-refractivity contribution < 1.29 is 37.7 Å². The fraction of sp³-hybridized carbons (Fsp3) is 0.429. The minimum absolute atomic E-state index is 0.0544. The number of nitrogens with two attached hydrogens (primary N) is 1. The Labute approximate surface area is 235 Å². The van der Waals surface area contributed by atoms with Gasteiger partial charge in [0, 0.05) is 50.1 Å². The van der Waals surface area contributed by atoms with Gasteiger partial charge in [-0.3, -0.25) is 20.4 Å². The van der Waals surface area contributed by atoms with E-state index < -0.39 is 42.6 Å². The fourth-order valence-electron chi connectivity index (χ4n) is 4.63. The van der Waals surface area contributed by atoms with Crippen LogP contribution in [0.1, 0.15) is 55.7 Å². The number of hydrogen-bond donors (Lipinski definition) is 5. The highest BCUT2D eigenvalue weighted by molar-refractivity contribution is 5.95. The number of carboxylic acid groups (broad SMARTS) is 1. The summed E-state index contributed by atoms with van der Waals surface area (Å²) >= 11 is 0. The largest absolute Gasteiger partial charge is 0.508 e. The summed E-state index contributed by atoms with van der Waals surface area (Å²) in [6.45, 7) is 2.59. The SMILES string of the molecule is CC(=N)N1CCC(Oc2ccc(N(CCCc3cc(C(=N)N)ccc3O)C(=O)CCC(=O)O)cc2C(F)(F)F)CC1. The van der Waals surface area contributed by atoms with Gasteiger partial charge >= 0.3 is 12.1 Å². The highest BCUT2D eigenvalue weighted by Crippen LogP contribution is 2.40. The Hall–Kier alpha value is -4.29. The van der Waals surface area contributed by atoms with E-state index in [1.54, 1.807) is 6.92 Å². The molecular formula is C28H34F3N5O5. The molecule has 1 saturated heterocycles. The van der Waals surface area contributed by atoms with Crippen molar-refractivity contribution in [1.82, 2.24) is 4.90 Å². The number of phenolic OH excluding ortho intramolecular Hbond substituents is 1. The number of amides is 1. The zero-order chi connectivity index (χ0) is 30.3. The number of phenols is 1. The highest BCUT2D eigenvalue weighted by atomic mass is 19.4. The first kappa shape index (κ1) is 31.2. The first-order valence-electron chi connectivity index (χ1n) is 13.1. The van der Waals surface area contributed by atoms with Crippen molar-refractivity contribution in [2.45, 2.75) is 57.7 Å². The number of rotatable bonds is 11. The molecule has 3 rings (SSSR count). The number of nitrogens with zero attached hydrogens (tertiary/aromatic N) is 2. The van der Waals surface area contributed by atoms with Gasteiger partial charge in [-0.2, -0.15) is 13.2 Å². The van der Waals surface area contributed by atoms with E-state index in [2.05, 4.69) is 0 Å². The molecule has 2 aromatic carbocycles. The van der Waals surface area contributed by atoms with Crippen molar-refractivity contribution >= 4 is 29.2 Å². The lowest BCUT2D eigenvalue weighted by atomic mass is 10.0. The number of carbonyl (C=O) groups excluding carboxylic acids is 1. The number of benzene rings is 2. The lowest BCUT2D eigenvalue weighted by Gasteiger charge is -2.33. The third kappa shape index (κ3) is 8.60. The van der Waals surface area contributed by atoms with Crippen LogP contribution in [0.25, 0.3) is 0 Å². The first-order chi connectivity index (χ1) is 19.3. The van der Waals surface area contributed by atoms with Crippen LogP contribution in [-0.2, 0) is 22.2 Å². The lowest BCUT2D eigenvalue weighted by molar-refractivity contribution is -0.139. The number of likely N-dealkylation sites (tertiary alicyclic amines) is 1. The molecule has 0 spiro atoms. The number of hydrogen-bond acceptors (Lipinski definition) is 6. The maximum absolute atomic E-state index is 14.1. The van der Waals surface area contributed by atoms with Gasteiger partial charge in [0.15, 0.2) is 0 Å². The Bertz CT molecular complexity index is 1290. The number of anilines is 1. The number of piperidine rings is 1. The average Bonchev–Trinajstić information content (AvgIpc) is 2.90. The number of amidine groups is 2. The van der Waals surface area contributed by atoms with Gasteiger partial charge < -0.3 is 30.5 Å². The number of nitrogen functional groups attached to an aromatic ring is 1. The van der Waals surface area contributed by atoms with E-state index >= 15 is 0 Å². The second-order valence-electron chi connectivity index (χ2n) is 9.87. The van der Waals surface area contributed by atoms with Crippen LogP contribution >= 0.6 is 0 Å². The topological polar surface area (TPSA) is 164 Å². The molecule has 1 aliphatic rings. The van der Waals surface area contributed by atoms with Crippen LogP contribution in [-0.4, -0.2) is 64.4 Å². The smallest absolute Gasteiger partial charge is 0.420 e. The van der Waals surface area contributed by atoms with Crippen LogP contribution in [0.5, 0.6) is 11.5 Å². The van der Waals surface area contributed by atoms with Crippen molar-refractivity contribution in [3.05, 3.63) is 53.1 Å². The Morgan fingerprint density at radius 2 is 1.80 bits per heavy atom. The normalized spacial score (nSPS) is 14.0. The van der Waals surface area contributed by atoms with Crippen LogP contribution < -0.4 is 15.4 Å². The molecular weight excluding hydrogens is 543 g/mol. The lowest BCUT2D eigenvalue weighted by Crippen LogP contribution is -2.40. The molecule has 1 fully saturated rings. The number of carbonyl (C=O) groups is 2. The number of aliphatic carboxylic acids is 1. The molecule has 0 radical (unpaired) electrons. The minimum Gasteiger partial charge on any atom is -0.508 e. The van der Waals surface area contributed by atoms with E-state index in [0.717, 1.165) is 11.0 Å². The summed E-state index contributed by atoms with van der Waals surface area (Å²) in [5.41, 5.74) is 5.23. The minimum atomic E-state index is -4.79. The van der Waals surface area contributed by atoms with Gasteiger partial charge in [-0.1, -0.05) is 0 Å². The van der Waals surface area contributed by atoms with Gasteiger partial charge in [0.25, 0.3) is 0 Å². The predicted molar refractivity (Wildman–Crippen MR) is 147 cm³/mol. The molecule has 0 unspecified atom stereocenters. The molecule has 0 aliphatic carbocycles. The molecule has 41 heavy (non-hydrogen) atoms. The number of halogens is 3. The van der Waals surface area contributed by atoms with Gasteiger partial charge in [0.2, 0.25) is 5.91 Å². The van der Waals surface area contributed by atoms with E-state index in [0.29, 0.717) is 42.9 Å². The molecule has 0 bridgehead atoms. The van der Waals surface area contributed by atoms with E-state index in [4.69, 9.17) is 26.4 Å². The maximum atomic E-state index is 14.1. The summed E-state index contributed by atoms with van der Waals surface area (Å²) in [7, 11) is 0. The van der Waals surface area contributed by atoms with Crippen LogP contribution in [0.3, 0.4) is 0 Å². The predicted octanol–water partition coefficient (Wildman–Crippen LogP) is 4.37. The fourth-order valence-corrected chi connectivity index (χ4v) is 4.63. The van der Waals surface area contributed by atoms with Crippen LogP contribution in [0.4, 0.5) is 18.9 Å². The highest BCUT2D eigenvalue weighted by Gasteiger charge is 2.36. The van der Waals surface area contributed by atoms with Gasteiger partial charge in [0.05, 0.1) is 17.8 Å². The first-order valence-corrected chi connectivity index (χ1v) is 13.1. The third-order valence-electron chi connectivity index (χ3n) is 6.86. The Kier molecular flexibility index (Phi) is 10.2. The zero-order valence-corrected chi connectivity index (χ0v) is 22.6. The van der Waals surface area contributed by atoms with Gasteiger partial charge in [0.1, 0.15) is 23.4 Å². The zero-order valence-electron chi connectivity index (χ0n) is 22.6. The standard InChI is InChI=1S/C28H34F3N5O5/c1-17(32)35-13-10-21(11-14-35)41-24-7-5-20(16-22(24)28(29,30)31)36(25(38)8-9-26(39)40)12-2-3-18-15-19(27(33)34)4-6-23(18)37/h4-7,15-16,21,32,37H,2-3,8-14H2,1H3,(H3,33,34)(H,39,40). The van der Waals surface area contributed by atoms with Crippen molar-refractivity contribution in [1.29, 1.82) is 10.8 Å². The second-order valence-corrected chi connectivity index (χ2v) is 9.87. The van der Waals surface area contributed by atoms with Crippen LogP contribution in [0, 0.1) is 10.8 Å². The summed E-state index contributed by atoms with van der Waals surface area (Å²) in [5.74, 6) is -2.11. The van der Waals surface area contributed by atoms with E-state index in [1.165, 1.54) is 30.3 Å². The molecule has 6 N–H and O–H groups in total. The number of carboxylic acids is 1. The Balaban J connectivity index is 1.84. The molecule has 2 aromatic rings. The number of aryl methyl sites for hydroxylation is 1. The van der Waals surface area contributed by atoms with Crippen molar-refractivity contribution in [2.24, 2.45) is 5.73 Å². The van der Waals surface area contributed by atoms with E-state index in [-0.39, 0.29) is 42.4 Å². The van der Waals surface area contributed by atoms with Crippen molar-refractivity contribution in [3.8, 4) is 11.5 Å². The molecule has 13 heteroatoms. The number of nitrogens with one attached hydrogen (secondary N) is 2. The third-order valence-corrected chi connectivity index (χ3v) is 6.86. The summed E-state index contributed by atoms with van der Waals surface area (Å²) < 4.78 is 48.2. The second kappa shape index (κ2) is 13.4. The van der Waals surface area contributed by atoms with Crippen molar-refractivity contribution in [2.75, 3.05) is 24.5 Å². The van der Waals surface area contributed by atoms with Gasteiger partial charge in [-0.25, -0.2) is 0 Å². The molecule has 1 amide bonds. The van der Waals surface area contributed by atoms with E-state index in [9.17, 15) is 27.9 Å². The van der Waals surface area contributed by atoms with Crippen LogP contribution in [0.15, 0.2) is 36.4 Å². The quantitative estimate of drug-likeness (QED) is 0.196. The molecule has 222 valence electrons. The average molecular weight is 578 g/mol. The van der Waals surface area contributed by atoms with Crippen molar-refractivity contribution in [3.63, 3.8) is 0 Å². The summed E-state index contributed by atoms with van der Waals surface area (Å²) in [4.78, 5) is 27.0. The summed E-state index contributed by atoms with van der Waals surface area (Å²) in [6.07, 6.45) is -4.81. The molecule has 0 aromatic heterocycles.